The molecule has 0 unspecified atom stereocenters. The highest BCUT2D eigenvalue weighted by Crippen LogP contribution is 2.54. The van der Waals surface area contributed by atoms with Gasteiger partial charge in [0, 0.05) is 33.7 Å². The molecule has 0 saturated carbocycles. The van der Waals surface area contributed by atoms with Gasteiger partial charge in [0.1, 0.15) is 5.58 Å². The molecule has 3 nitrogen and oxygen atoms in total. The van der Waals surface area contributed by atoms with Crippen molar-refractivity contribution < 1.29 is 4.42 Å². The molecule has 11 rings (SSSR count). The van der Waals surface area contributed by atoms with Crippen molar-refractivity contribution >= 4 is 68.4 Å². The van der Waals surface area contributed by atoms with Crippen LogP contribution in [0.15, 0.2) is 108 Å². The summed E-state index contributed by atoms with van der Waals surface area (Å²) in [5.74, 6) is 0. The number of nitrogens with zero attached hydrogens (tertiary/aromatic N) is 2. The summed E-state index contributed by atoms with van der Waals surface area (Å²) in [4.78, 5) is 5.25. The smallest absolute Gasteiger partial charge is 0.297 e. The molecule has 0 N–H and O–H groups in total. The van der Waals surface area contributed by atoms with Crippen LogP contribution in [0.2, 0.25) is 0 Å². The molecule has 0 radical (unpaired) electrons. The Kier molecular flexibility index (Phi) is 9.62. The fourth-order valence-corrected chi connectivity index (χ4v) is 12.6. The highest BCUT2D eigenvalue weighted by Gasteiger charge is 2.49. The Morgan fingerprint density at radius 2 is 1.01 bits per heavy atom. The summed E-state index contributed by atoms with van der Waals surface area (Å²) in [6.45, 7) is 37.9. The van der Waals surface area contributed by atoms with E-state index in [2.05, 4.69) is 224 Å². The van der Waals surface area contributed by atoms with E-state index >= 15 is 0 Å². The zero-order valence-electron chi connectivity index (χ0n) is 44.0. The topological polar surface area (TPSA) is 19.6 Å². The van der Waals surface area contributed by atoms with E-state index in [0.717, 1.165) is 30.5 Å². The van der Waals surface area contributed by atoms with Crippen molar-refractivity contribution in [1.29, 1.82) is 0 Å². The second kappa shape index (κ2) is 14.5. The minimum Gasteiger partial charge on any atom is -0.468 e. The first-order chi connectivity index (χ1) is 31.7. The van der Waals surface area contributed by atoms with Gasteiger partial charge in [-0.2, -0.15) is 0 Å². The van der Waals surface area contributed by atoms with Crippen LogP contribution in [0.25, 0.3) is 22.1 Å². The van der Waals surface area contributed by atoms with Crippen molar-refractivity contribution in [3.8, 4) is 11.1 Å². The maximum absolute atomic E-state index is 7.66. The standard InChI is InChI=1S/C64H73BN2O/c1-38-17-19-40(20-18-38)44-33-41(59(3,4)5)21-25-51(44)67-52-26-22-42(60(6,7)8)34-50(52)65-56-53(31-39(2)32-54(56)67)66(43-23-24-46-47(35-43)62(11,12)28-27-61(46,9)10)57-45-36-48-49(37-55(45)68-58(57)65)64(15,16)30-29-63(48,13)14/h17-26,31-37H,27-30H2,1-16H3. The van der Waals surface area contributed by atoms with Gasteiger partial charge in [-0.15, -0.1) is 0 Å². The van der Waals surface area contributed by atoms with E-state index in [1.54, 1.807) is 0 Å². The van der Waals surface area contributed by atoms with Crippen LogP contribution in [-0.4, -0.2) is 6.71 Å². The lowest BCUT2D eigenvalue weighted by atomic mass is 9.35. The van der Waals surface area contributed by atoms with Crippen LogP contribution in [0.4, 0.5) is 34.1 Å². The van der Waals surface area contributed by atoms with Gasteiger partial charge in [-0.3, -0.25) is 0 Å². The Bertz CT molecular complexity index is 3230. The van der Waals surface area contributed by atoms with Gasteiger partial charge < -0.3 is 14.2 Å². The molecule has 348 valence electrons. The van der Waals surface area contributed by atoms with Crippen molar-refractivity contribution in [3.05, 3.63) is 148 Å². The van der Waals surface area contributed by atoms with Gasteiger partial charge in [0.25, 0.3) is 6.71 Å². The van der Waals surface area contributed by atoms with E-state index in [1.165, 1.54) is 112 Å². The summed E-state index contributed by atoms with van der Waals surface area (Å²) in [6, 6.07) is 41.1. The summed E-state index contributed by atoms with van der Waals surface area (Å²) in [5, 5.41) is 1.21. The van der Waals surface area contributed by atoms with Crippen molar-refractivity contribution in [2.75, 3.05) is 9.80 Å². The predicted octanol–water partition coefficient (Wildman–Crippen LogP) is 16.1. The van der Waals surface area contributed by atoms with Crippen LogP contribution in [0.3, 0.4) is 0 Å². The van der Waals surface area contributed by atoms with Crippen LogP contribution in [0.5, 0.6) is 0 Å². The van der Waals surface area contributed by atoms with E-state index in [1.807, 2.05) is 0 Å². The lowest BCUT2D eigenvalue weighted by Gasteiger charge is -2.45. The van der Waals surface area contributed by atoms with Gasteiger partial charge in [-0.25, -0.2) is 0 Å². The summed E-state index contributed by atoms with van der Waals surface area (Å²) in [5.41, 5.74) is 25.5. The van der Waals surface area contributed by atoms with Crippen molar-refractivity contribution in [1.82, 2.24) is 0 Å². The average Bonchev–Trinajstić information content (AvgIpc) is 3.64. The van der Waals surface area contributed by atoms with E-state index in [-0.39, 0.29) is 39.2 Å². The van der Waals surface area contributed by atoms with Crippen molar-refractivity contribution in [2.24, 2.45) is 0 Å². The Balaban J connectivity index is 1.27. The highest BCUT2D eigenvalue weighted by molar-refractivity contribution is 7.00. The maximum atomic E-state index is 7.66. The van der Waals surface area contributed by atoms with Crippen molar-refractivity contribution in [3.63, 3.8) is 0 Å². The molecule has 0 amide bonds. The molecule has 68 heavy (non-hydrogen) atoms. The van der Waals surface area contributed by atoms with Gasteiger partial charge in [-0.1, -0.05) is 151 Å². The molecule has 0 saturated heterocycles. The van der Waals surface area contributed by atoms with E-state index in [4.69, 9.17) is 4.42 Å². The number of hydrogen-bond donors (Lipinski definition) is 0. The number of rotatable bonds is 3. The van der Waals surface area contributed by atoms with Crippen LogP contribution in [-0.2, 0) is 32.5 Å². The Morgan fingerprint density at radius 1 is 0.485 bits per heavy atom. The van der Waals surface area contributed by atoms with Gasteiger partial charge in [0.15, 0.2) is 0 Å². The van der Waals surface area contributed by atoms with E-state index < -0.39 is 0 Å². The lowest BCUT2D eigenvalue weighted by molar-refractivity contribution is 0.332. The van der Waals surface area contributed by atoms with Crippen LogP contribution in [0, 0.1) is 13.8 Å². The monoisotopic (exact) mass is 897 g/mol. The molecule has 1 aromatic heterocycles. The second-order valence-corrected chi connectivity index (χ2v) is 26.2. The molecule has 2 aliphatic heterocycles. The third kappa shape index (κ3) is 6.80. The molecule has 0 atom stereocenters. The Labute approximate surface area is 408 Å². The zero-order valence-corrected chi connectivity index (χ0v) is 44.0. The molecule has 3 heterocycles. The van der Waals surface area contributed by atoms with Crippen LogP contribution < -0.4 is 26.4 Å². The molecule has 4 aliphatic rings. The largest absolute Gasteiger partial charge is 0.468 e. The zero-order chi connectivity index (χ0) is 48.4. The summed E-state index contributed by atoms with van der Waals surface area (Å²) < 4.78 is 7.66. The fraction of sp³-hybridized carbons (Fsp3) is 0.406. The molecule has 2 aliphatic carbocycles. The summed E-state index contributed by atoms with van der Waals surface area (Å²) >= 11 is 0. The number of furan rings is 1. The van der Waals surface area contributed by atoms with Crippen LogP contribution in [0.1, 0.15) is 167 Å². The third-order valence-electron chi connectivity index (χ3n) is 17.2. The van der Waals surface area contributed by atoms with Crippen LogP contribution >= 0.6 is 0 Å². The highest BCUT2D eigenvalue weighted by atomic mass is 16.3. The minimum absolute atomic E-state index is 0.0204. The SMILES string of the molecule is Cc1ccc(-c2cc(C(C)(C)C)ccc2N2c3ccc(C(C)(C)C)cc3B3c4oc5cc6c(cc5c4N(c4ccc5c(c4)C(C)(C)CCC5(C)C)c4cc(C)cc2c43)C(C)(C)CCC6(C)C)cc1. The molecule has 0 spiro atoms. The third-order valence-corrected chi connectivity index (χ3v) is 17.2. The molecule has 7 aromatic rings. The summed E-state index contributed by atoms with van der Waals surface area (Å²) in [7, 11) is 0. The molecule has 4 heteroatoms. The number of hydrogen-bond acceptors (Lipinski definition) is 3. The number of anilines is 6. The molecular weight excluding hydrogens is 824 g/mol. The van der Waals surface area contributed by atoms with E-state index in [0.29, 0.717) is 0 Å². The minimum atomic E-state index is -0.129. The Hall–Kier alpha value is -5.48. The first kappa shape index (κ1) is 45.0. The maximum Gasteiger partial charge on any atom is 0.297 e. The molecule has 0 fully saturated rings. The number of fused-ring (bicyclic) bond motifs is 8. The predicted molar refractivity (Wildman–Crippen MR) is 293 cm³/mol. The summed E-state index contributed by atoms with van der Waals surface area (Å²) in [6.07, 6.45) is 4.66. The number of benzene rings is 6. The van der Waals surface area contributed by atoms with E-state index in [9.17, 15) is 0 Å². The van der Waals surface area contributed by atoms with Gasteiger partial charge in [0.2, 0.25) is 0 Å². The molecule has 0 bridgehead atoms. The Morgan fingerprint density at radius 3 is 1.62 bits per heavy atom. The lowest BCUT2D eigenvalue weighted by Crippen LogP contribution is -2.61. The number of aryl methyl sites for hydroxylation is 2. The second-order valence-electron chi connectivity index (χ2n) is 26.2. The van der Waals surface area contributed by atoms with Gasteiger partial charge >= 0.3 is 0 Å². The quantitative estimate of drug-likeness (QED) is 0.165. The average molecular weight is 897 g/mol. The normalized spacial score (nSPS) is 18.4. The van der Waals surface area contributed by atoms with Gasteiger partial charge in [0.05, 0.1) is 17.0 Å². The van der Waals surface area contributed by atoms with Gasteiger partial charge in [-0.05, 0) is 182 Å². The van der Waals surface area contributed by atoms with Crippen molar-refractivity contribution in [2.45, 2.75) is 169 Å². The molecular formula is C64H73BN2O. The first-order valence-electron chi connectivity index (χ1n) is 25.6. The fourth-order valence-electron chi connectivity index (χ4n) is 12.6. The first-order valence-corrected chi connectivity index (χ1v) is 25.6. The molecule has 6 aromatic carbocycles.